The second-order valence-corrected chi connectivity index (χ2v) is 8.95. The van der Waals surface area contributed by atoms with E-state index in [1.807, 2.05) is 60.7 Å². The SMILES string of the molecule is CN(C(=O)C(C)(C)N)c1ccc(N/C(=C2\C(=O)Nc3cc(Cl)ccc32)c2ccccc2)cc1. The van der Waals surface area contributed by atoms with Gasteiger partial charge in [-0.25, -0.2) is 0 Å². The lowest BCUT2D eigenvalue weighted by Crippen LogP contribution is -2.49. The van der Waals surface area contributed by atoms with Crippen LogP contribution in [0.4, 0.5) is 17.1 Å². The molecule has 3 aromatic rings. The number of hydrogen-bond donors (Lipinski definition) is 3. The van der Waals surface area contributed by atoms with E-state index in [1.165, 1.54) is 4.90 Å². The maximum atomic E-state index is 13.0. The first-order chi connectivity index (χ1) is 15.6. The van der Waals surface area contributed by atoms with Gasteiger partial charge >= 0.3 is 0 Å². The van der Waals surface area contributed by atoms with Crippen LogP contribution in [-0.4, -0.2) is 24.4 Å². The molecule has 0 fully saturated rings. The van der Waals surface area contributed by atoms with Gasteiger partial charge in [-0.1, -0.05) is 48.0 Å². The number of anilines is 3. The topological polar surface area (TPSA) is 87.5 Å². The minimum Gasteiger partial charge on any atom is -0.354 e. The third kappa shape index (κ3) is 4.62. The van der Waals surface area contributed by atoms with Gasteiger partial charge in [0.1, 0.15) is 0 Å². The number of carbonyl (C=O) groups is 2. The van der Waals surface area contributed by atoms with E-state index in [0.717, 1.165) is 22.5 Å². The molecule has 0 atom stereocenters. The molecule has 4 N–H and O–H groups in total. The van der Waals surface area contributed by atoms with E-state index in [2.05, 4.69) is 10.6 Å². The van der Waals surface area contributed by atoms with Crippen molar-refractivity contribution in [3.8, 4) is 0 Å². The summed E-state index contributed by atoms with van der Waals surface area (Å²) in [6.45, 7) is 3.36. The number of hydrogen-bond acceptors (Lipinski definition) is 4. The second-order valence-electron chi connectivity index (χ2n) is 8.52. The van der Waals surface area contributed by atoms with Crippen molar-refractivity contribution in [2.75, 3.05) is 22.6 Å². The molecule has 0 spiro atoms. The van der Waals surface area contributed by atoms with Gasteiger partial charge in [-0.15, -0.1) is 0 Å². The number of benzene rings is 3. The molecule has 0 aliphatic carbocycles. The first-order valence-electron chi connectivity index (χ1n) is 10.5. The van der Waals surface area contributed by atoms with Crippen molar-refractivity contribution in [1.29, 1.82) is 0 Å². The highest BCUT2D eigenvalue weighted by Crippen LogP contribution is 2.38. The Morgan fingerprint density at radius 2 is 1.70 bits per heavy atom. The molecule has 168 valence electrons. The highest BCUT2D eigenvalue weighted by molar-refractivity contribution is 6.38. The number of halogens is 1. The molecule has 4 rings (SSSR count). The third-order valence-corrected chi connectivity index (χ3v) is 5.65. The number of nitrogens with one attached hydrogen (secondary N) is 2. The van der Waals surface area contributed by atoms with E-state index in [9.17, 15) is 9.59 Å². The molecule has 0 aromatic heterocycles. The Kier molecular flexibility index (Phi) is 5.97. The average Bonchev–Trinajstić information content (AvgIpc) is 3.11. The fraction of sp³-hybridized carbons (Fsp3) is 0.154. The first-order valence-corrected chi connectivity index (χ1v) is 10.9. The molecule has 1 aliphatic rings. The molecule has 7 heteroatoms. The molecule has 6 nitrogen and oxygen atoms in total. The summed E-state index contributed by atoms with van der Waals surface area (Å²) in [4.78, 5) is 27.0. The molecule has 0 unspecified atom stereocenters. The lowest BCUT2D eigenvalue weighted by Gasteiger charge is -2.26. The Bertz CT molecular complexity index is 1250. The lowest BCUT2D eigenvalue weighted by atomic mass is 10.00. The Morgan fingerprint density at radius 3 is 2.33 bits per heavy atom. The second kappa shape index (κ2) is 8.73. The highest BCUT2D eigenvalue weighted by atomic mass is 35.5. The minimum absolute atomic E-state index is 0.187. The van der Waals surface area contributed by atoms with Crippen LogP contribution in [0, 0.1) is 0 Å². The van der Waals surface area contributed by atoms with Crippen LogP contribution in [0.2, 0.25) is 5.02 Å². The van der Waals surface area contributed by atoms with Crippen molar-refractivity contribution < 1.29 is 9.59 Å². The van der Waals surface area contributed by atoms with Crippen LogP contribution in [0.1, 0.15) is 25.0 Å². The minimum atomic E-state index is -0.970. The van der Waals surface area contributed by atoms with Crippen LogP contribution in [0.15, 0.2) is 72.8 Å². The summed E-state index contributed by atoms with van der Waals surface area (Å²) in [5.74, 6) is -0.390. The van der Waals surface area contributed by atoms with Gasteiger partial charge < -0.3 is 21.3 Å². The van der Waals surface area contributed by atoms with Gasteiger partial charge in [-0.3, -0.25) is 9.59 Å². The quantitative estimate of drug-likeness (QED) is 0.469. The number of likely N-dealkylation sites (N-methyl/N-ethyl adjacent to an activating group) is 1. The van der Waals surface area contributed by atoms with Gasteiger partial charge in [0.15, 0.2) is 0 Å². The van der Waals surface area contributed by atoms with Crippen molar-refractivity contribution in [3.63, 3.8) is 0 Å². The highest BCUT2D eigenvalue weighted by Gasteiger charge is 2.29. The van der Waals surface area contributed by atoms with Crippen LogP contribution in [0.5, 0.6) is 0 Å². The van der Waals surface area contributed by atoms with E-state index >= 15 is 0 Å². The Hall–Kier alpha value is -3.61. The van der Waals surface area contributed by atoms with E-state index in [0.29, 0.717) is 22.0 Å². The predicted molar refractivity (Wildman–Crippen MR) is 135 cm³/mol. The van der Waals surface area contributed by atoms with Crippen LogP contribution in [-0.2, 0) is 9.59 Å². The molecule has 0 saturated heterocycles. The van der Waals surface area contributed by atoms with Crippen molar-refractivity contribution >= 4 is 51.7 Å². The molecule has 33 heavy (non-hydrogen) atoms. The van der Waals surface area contributed by atoms with E-state index in [1.54, 1.807) is 33.0 Å². The van der Waals surface area contributed by atoms with Crippen molar-refractivity contribution in [1.82, 2.24) is 0 Å². The summed E-state index contributed by atoms with van der Waals surface area (Å²) < 4.78 is 0. The van der Waals surface area contributed by atoms with Crippen LogP contribution in [0.25, 0.3) is 11.3 Å². The summed E-state index contributed by atoms with van der Waals surface area (Å²) in [6, 6.07) is 22.4. The molecular weight excluding hydrogens is 436 g/mol. The molecule has 1 aliphatic heterocycles. The summed E-state index contributed by atoms with van der Waals surface area (Å²) in [5.41, 5.74) is 10.0. The third-order valence-electron chi connectivity index (χ3n) is 5.42. The van der Waals surface area contributed by atoms with Crippen molar-refractivity contribution in [3.05, 3.63) is 88.9 Å². The molecule has 1 heterocycles. The Morgan fingerprint density at radius 1 is 1.03 bits per heavy atom. The van der Waals surface area contributed by atoms with Gasteiger partial charge in [0, 0.05) is 29.0 Å². The zero-order valence-electron chi connectivity index (χ0n) is 18.6. The maximum Gasteiger partial charge on any atom is 0.258 e. The fourth-order valence-electron chi connectivity index (χ4n) is 3.74. The van der Waals surface area contributed by atoms with E-state index < -0.39 is 5.54 Å². The van der Waals surface area contributed by atoms with Gasteiger partial charge in [-0.2, -0.15) is 0 Å². The molecular formula is C26H25ClN4O2. The van der Waals surface area contributed by atoms with Crippen molar-refractivity contribution in [2.24, 2.45) is 5.73 Å². The van der Waals surface area contributed by atoms with Crippen LogP contribution in [0.3, 0.4) is 0 Å². The number of amides is 2. The predicted octanol–water partition coefficient (Wildman–Crippen LogP) is 4.97. The average molecular weight is 461 g/mol. The monoisotopic (exact) mass is 460 g/mol. The van der Waals surface area contributed by atoms with Gasteiger partial charge in [0.2, 0.25) is 5.91 Å². The fourth-order valence-corrected chi connectivity index (χ4v) is 3.91. The van der Waals surface area contributed by atoms with E-state index in [-0.39, 0.29) is 11.8 Å². The number of carbonyl (C=O) groups excluding carboxylic acids is 2. The van der Waals surface area contributed by atoms with Gasteiger partial charge in [-0.05, 0) is 55.8 Å². The number of fused-ring (bicyclic) bond motifs is 1. The lowest BCUT2D eigenvalue weighted by molar-refractivity contribution is -0.122. The molecule has 3 aromatic carbocycles. The van der Waals surface area contributed by atoms with Crippen LogP contribution >= 0.6 is 11.6 Å². The largest absolute Gasteiger partial charge is 0.354 e. The molecule has 2 amide bonds. The van der Waals surface area contributed by atoms with Gasteiger partial charge in [0.25, 0.3) is 5.91 Å². The Balaban J connectivity index is 1.73. The summed E-state index contributed by atoms with van der Waals surface area (Å²) in [5, 5.41) is 6.86. The van der Waals surface area contributed by atoms with Gasteiger partial charge in [0.05, 0.1) is 22.5 Å². The molecule has 0 radical (unpaired) electrons. The zero-order chi connectivity index (χ0) is 23.8. The maximum absolute atomic E-state index is 13.0. The standard InChI is InChI=1S/C26H25ClN4O2/c1-26(2,28)25(33)31(3)19-12-10-18(11-13-19)29-23(16-7-5-4-6-8-16)22-20-14-9-17(27)15-21(20)30-24(22)32/h4-15,29H,28H2,1-3H3,(H,30,32)/b23-22-. The van der Waals surface area contributed by atoms with Crippen molar-refractivity contribution in [2.45, 2.75) is 19.4 Å². The molecule has 0 bridgehead atoms. The zero-order valence-corrected chi connectivity index (χ0v) is 19.4. The summed E-state index contributed by atoms with van der Waals surface area (Å²) in [7, 11) is 1.70. The molecule has 0 saturated carbocycles. The number of rotatable bonds is 5. The Labute approximate surface area is 198 Å². The number of nitrogens with zero attached hydrogens (tertiary/aromatic N) is 1. The smallest absolute Gasteiger partial charge is 0.258 e. The summed E-state index contributed by atoms with van der Waals surface area (Å²) >= 11 is 6.12. The first kappa shape index (κ1) is 22.6. The van der Waals surface area contributed by atoms with Crippen LogP contribution < -0.4 is 21.3 Å². The normalized spacial score (nSPS) is 14.4. The number of nitrogens with two attached hydrogens (primary N) is 1. The summed E-state index contributed by atoms with van der Waals surface area (Å²) in [6.07, 6.45) is 0. The van der Waals surface area contributed by atoms with E-state index in [4.69, 9.17) is 17.3 Å².